The minimum atomic E-state index is 0.348. The Kier molecular flexibility index (Phi) is 2.24. The van der Waals surface area contributed by atoms with E-state index in [1.54, 1.807) is 7.11 Å². The minimum Gasteiger partial charge on any atom is -0.380 e. The molecule has 0 radical (unpaired) electrons. The summed E-state index contributed by atoms with van der Waals surface area (Å²) in [7, 11) is 1.79. The summed E-state index contributed by atoms with van der Waals surface area (Å²) < 4.78 is 5.44. The first-order chi connectivity index (χ1) is 7.78. The summed E-state index contributed by atoms with van der Waals surface area (Å²) in [5, 5.41) is 3.46. The molecule has 0 saturated carbocycles. The van der Waals surface area contributed by atoms with Crippen LogP contribution in [0.2, 0.25) is 0 Å². The van der Waals surface area contributed by atoms with Crippen molar-refractivity contribution in [3.05, 3.63) is 17.8 Å². The number of aromatic nitrogens is 1. The zero-order valence-electron chi connectivity index (χ0n) is 9.73. The number of hydrogen-bond donors (Lipinski definition) is 1. The Bertz CT molecular complexity index is 407. The zero-order valence-corrected chi connectivity index (χ0v) is 9.73. The van der Waals surface area contributed by atoms with Crippen LogP contribution in [0.1, 0.15) is 12.0 Å². The van der Waals surface area contributed by atoms with E-state index in [9.17, 15) is 0 Å². The van der Waals surface area contributed by atoms with Crippen molar-refractivity contribution in [3.63, 3.8) is 0 Å². The van der Waals surface area contributed by atoms with Gasteiger partial charge in [-0.05, 0) is 25.0 Å². The van der Waals surface area contributed by atoms with E-state index in [0.29, 0.717) is 12.1 Å². The van der Waals surface area contributed by atoms with Crippen molar-refractivity contribution in [1.82, 2.24) is 4.98 Å². The fourth-order valence-electron chi connectivity index (χ4n) is 2.65. The van der Waals surface area contributed by atoms with Crippen LogP contribution in [0.25, 0.3) is 0 Å². The summed E-state index contributed by atoms with van der Waals surface area (Å²) in [5.74, 6) is 1.08. The summed E-state index contributed by atoms with van der Waals surface area (Å²) in [6.45, 7) is 4.03. The predicted octanol–water partition coefficient (Wildman–Crippen LogP) is 1.41. The molecule has 2 aliphatic heterocycles. The molecule has 1 fully saturated rings. The van der Waals surface area contributed by atoms with Crippen molar-refractivity contribution in [1.29, 1.82) is 0 Å². The zero-order chi connectivity index (χ0) is 11.1. The Morgan fingerprint density at radius 1 is 1.56 bits per heavy atom. The molecule has 0 spiro atoms. The molecule has 4 nitrogen and oxygen atoms in total. The second-order valence-electron chi connectivity index (χ2n) is 4.66. The van der Waals surface area contributed by atoms with Crippen molar-refractivity contribution >= 4 is 11.5 Å². The predicted molar refractivity (Wildman–Crippen MR) is 64.0 cm³/mol. The molecule has 2 unspecified atom stereocenters. The standard InChI is InChI=1S/C12H17N3O/c1-8-3-11-12(14-5-8)15-7-10(16-2)4-9(15)6-13-11/h3,5,9-10,13H,4,6-7H2,1-2H3. The molecule has 0 amide bonds. The first-order valence-electron chi connectivity index (χ1n) is 5.78. The quantitative estimate of drug-likeness (QED) is 0.775. The maximum atomic E-state index is 5.44. The second-order valence-corrected chi connectivity index (χ2v) is 4.66. The Balaban J connectivity index is 1.94. The van der Waals surface area contributed by atoms with Gasteiger partial charge in [-0.1, -0.05) is 0 Å². The number of nitrogens with zero attached hydrogens (tertiary/aromatic N) is 2. The molecule has 1 saturated heterocycles. The average Bonchev–Trinajstić information content (AvgIpc) is 2.71. The van der Waals surface area contributed by atoms with E-state index in [1.165, 1.54) is 5.56 Å². The van der Waals surface area contributed by atoms with E-state index >= 15 is 0 Å². The number of aryl methyl sites for hydroxylation is 1. The number of hydrogen-bond acceptors (Lipinski definition) is 4. The van der Waals surface area contributed by atoms with Crippen LogP contribution in [0.5, 0.6) is 0 Å². The molecule has 0 aromatic carbocycles. The van der Waals surface area contributed by atoms with Crippen molar-refractivity contribution in [2.75, 3.05) is 30.4 Å². The van der Waals surface area contributed by atoms with Gasteiger partial charge < -0.3 is 15.0 Å². The average molecular weight is 219 g/mol. The van der Waals surface area contributed by atoms with Crippen LogP contribution in [-0.2, 0) is 4.74 Å². The van der Waals surface area contributed by atoms with Crippen LogP contribution >= 0.6 is 0 Å². The van der Waals surface area contributed by atoms with Crippen LogP contribution in [-0.4, -0.2) is 37.3 Å². The fourth-order valence-corrected chi connectivity index (χ4v) is 2.65. The number of rotatable bonds is 1. The lowest BCUT2D eigenvalue weighted by Crippen LogP contribution is -2.40. The van der Waals surface area contributed by atoms with Gasteiger partial charge in [0.2, 0.25) is 0 Å². The molecular weight excluding hydrogens is 202 g/mol. The van der Waals surface area contributed by atoms with Crippen molar-refractivity contribution in [2.45, 2.75) is 25.5 Å². The number of methoxy groups -OCH3 is 1. The molecule has 2 aliphatic rings. The minimum absolute atomic E-state index is 0.348. The summed E-state index contributed by atoms with van der Waals surface area (Å²) in [4.78, 5) is 6.91. The summed E-state index contributed by atoms with van der Waals surface area (Å²) in [6.07, 6.45) is 3.38. The molecule has 3 heterocycles. The highest BCUT2D eigenvalue weighted by molar-refractivity contribution is 5.69. The van der Waals surface area contributed by atoms with Crippen molar-refractivity contribution in [3.8, 4) is 0 Å². The molecule has 86 valence electrons. The van der Waals surface area contributed by atoms with E-state index in [-0.39, 0.29) is 0 Å². The molecule has 4 heteroatoms. The highest BCUT2D eigenvalue weighted by Gasteiger charge is 2.36. The lowest BCUT2D eigenvalue weighted by atomic mass is 10.1. The van der Waals surface area contributed by atoms with Gasteiger partial charge in [0.05, 0.1) is 17.8 Å². The second kappa shape index (κ2) is 3.63. The molecule has 0 bridgehead atoms. The molecule has 1 aromatic rings. The monoisotopic (exact) mass is 219 g/mol. The first kappa shape index (κ1) is 9.90. The number of fused-ring (bicyclic) bond motifs is 3. The topological polar surface area (TPSA) is 37.4 Å². The van der Waals surface area contributed by atoms with E-state index in [0.717, 1.165) is 31.0 Å². The van der Waals surface area contributed by atoms with Crippen LogP contribution in [0, 0.1) is 6.92 Å². The molecule has 0 aliphatic carbocycles. The van der Waals surface area contributed by atoms with Crippen LogP contribution in [0.4, 0.5) is 11.5 Å². The Labute approximate surface area is 95.6 Å². The Morgan fingerprint density at radius 2 is 2.44 bits per heavy atom. The van der Waals surface area contributed by atoms with Gasteiger partial charge in [0.25, 0.3) is 0 Å². The maximum Gasteiger partial charge on any atom is 0.152 e. The van der Waals surface area contributed by atoms with E-state index < -0.39 is 0 Å². The third-order valence-electron chi connectivity index (χ3n) is 3.51. The van der Waals surface area contributed by atoms with E-state index in [2.05, 4.69) is 28.2 Å². The first-order valence-corrected chi connectivity index (χ1v) is 5.78. The fraction of sp³-hybridized carbons (Fsp3) is 0.583. The Morgan fingerprint density at radius 3 is 3.25 bits per heavy atom. The molecule has 16 heavy (non-hydrogen) atoms. The van der Waals surface area contributed by atoms with Gasteiger partial charge in [-0.3, -0.25) is 0 Å². The lowest BCUT2D eigenvalue weighted by molar-refractivity contribution is 0.118. The SMILES string of the molecule is COC1CC2CNc3cc(C)cnc3N2C1. The Hall–Kier alpha value is -1.29. The van der Waals surface area contributed by atoms with E-state index in [1.807, 2.05) is 6.20 Å². The number of anilines is 2. The molecule has 2 atom stereocenters. The number of nitrogens with one attached hydrogen (secondary N) is 1. The largest absolute Gasteiger partial charge is 0.380 e. The van der Waals surface area contributed by atoms with Gasteiger partial charge in [0.1, 0.15) is 0 Å². The van der Waals surface area contributed by atoms with Gasteiger partial charge in [-0.2, -0.15) is 0 Å². The highest BCUT2D eigenvalue weighted by atomic mass is 16.5. The molecule has 1 N–H and O–H groups in total. The van der Waals surface area contributed by atoms with Crippen molar-refractivity contribution < 1.29 is 4.74 Å². The molecular formula is C12H17N3O. The van der Waals surface area contributed by atoms with Crippen LogP contribution < -0.4 is 10.2 Å². The van der Waals surface area contributed by atoms with Gasteiger partial charge in [-0.15, -0.1) is 0 Å². The normalized spacial score (nSPS) is 27.2. The van der Waals surface area contributed by atoms with Gasteiger partial charge in [-0.25, -0.2) is 4.98 Å². The highest BCUT2D eigenvalue weighted by Crippen LogP contribution is 2.35. The molecule has 3 rings (SSSR count). The van der Waals surface area contributed by atoms with Crippen LogP contribution in [0.3, 0.4) is 0 Å². The summed E-state index contributed by atoms with van der Waals surface area (Å²) in [5.41, 5.74) is 2.36. The van der Waals surface area contributed by atoms with Gasteiger partial charge in [0, 0.05) is 26.4 Å². The van der Waals surface area contributed by atoms with E-state index in [4.69, 9.17) is 4.74 Å². The van der Waals surface area contributed by atoms with Gasteiger partial charge in [0.15, 0.2) is 5.82 Å². The smallest absolute Gasteiger partial charge is 0.152 e. The third kappa shape index (κ3) is 1.45. The van der Waals surface area contributed by atoms with Crippen LogP contribution in [0.15, 0.2) is 12.3 Å². The summed E-state index contributed by atoms with van der Waals surface area (Å²) in [6, 6.07) is 2.70. The lowest BCUT2D eigenvalue weighted by Gasteiger charge is -2.33. The molecule has 1 aromatic heterocycles. The number of pyridine rings is 1. The summed E-state index contributed by atoms with van der Waals surface area (Å²) >= 11 is 0. The number of ether oxygens (including phenoxy) is 1. The third-order valence-corrected chi connectivity index (χ3v) is 3.51. The van der Waals surface area contributed by atoms with Crippen molar-refractivity contribution in [2.24, 2.45) is 0 Å². The van der Waals surface area contributed by atoms with Gasteiger partial charge >= 0.3 is 0 Å². The maximum absolute atomic E-state index is 5.44.